The lowest BCUT2D eigenvalue weighted by Gasteiger charge is -2.19. The number of hydrogen-bond donors (Lipinski definition) is 0. The van der Waals surface area contributed by atoms with Crippen molar-refractivity contribution < 1.29 is 23.4 Å². The second kappa shape index (κ2) is 12.2. The molecule has 1 atom stereocenters. The van der Waals surface area contributed by atoms with Crippen LogP contribution in [-0.4, -0.2) is 41.7 Å². The molecule has 0 amide bonds. The van der Waals surface area contributed by atoms with Crippen molar-refractivity contribution in [3.05, 3.63) is 83.9 Å². The number of benzene rings is 3. The summed E-state index contributed by atoms with van der Waals surface area (Å²) in [7, 11) is 1.29. The molecular weight excluding hydrogens is 726 g/mol. The van der Waals surface area contributed by atoms with Crippen molar-refractivity contribution in [2.75, 3.05) is 13.7 Å². The zero-order valence-electron chi connectivity index (χ0n) is 22.0. The molecule has 2 aromatic heterocycles. The number of aromatic nitrogens is 2. The number of esters is 1. The molecule has 0 aliphatic carbocycles. The van der Waals surface area contributed by atoms with Crippen LogP contribution in [0.15, 0.2) is 82.3 Å². The molecule has 210 valence electrons. The summed E-state index contributed by atoms with van der Waals surface area (Å²) in [6.07, 6.45) is 0.627. The summed E-state index contributed by atoms with van der Waals surface area (Å²) in [5.41, 5.74) is 1.36. The number of para-hydroxylation sites is 1. The average Bonchev–Trinajstić information content (AvgIpc) is 3.39. The highest BCUT2D eigenvalue weighted by atomic mass is 79.9. The van der Waals surface area contributed by atoms with Gasteiger partial charge in [0.1, 0.15) is 5.58 Å². The smallest absolute Gasteiger partial charge is 0.346 e. The van der Waals surface area contributed by atoms with Crippen LogP contribution in [0, 0.1) is 0 Å². The second-order valence-corrected chi connectivity index (χ2v) is 11.2. The van der Waals surface area contributed by atoms with E-state index in [2.05, 4.69) is 52.9 Å². The van der Waals surface area contributed by atoms with Gasteiger partial charge < -0.3 is 18.6 Å². The van der Waals surface area contributed by atoms with Crippen LogP contribution in [0.25, 0.3) is 33.5 Å². The van der Waals surface area contributed by atoms with Crippen molar-refractivity contribution in [1.82, 2.24) is 9.66 Å². The SMILES string of the molecule is CCOc1cc(C=Nn2c(-c3cc4cc(Br)ccc4o3)nc3ccccc3c2=O)c(Br)c(Br)c1O[C@H](C)C(=O)OC. The van der Waals surface area contributed by atoms with Gasteiger partial charge in [-0.25, -0.2) is 9.78 Å². The number of hydrogen-bond acceptors (Lipinski definition) is 8. The molecule has 0 N–H and O–H groups in total. The van der Waals surface area contributed by atoms with Crippen molar-refractivity contribution in [3.8, 4) is 23.1 Å². The van der Waals surface area contributed by atoms with E-state index in [0.29, 0.717) is 54.9 Å². The molecule has 0 saturated heterocycles. The summed E-state index contributed by atoms with van der Waals surface area (Å²) >= 11 is 10.6. The minimum absolute atomic E-state index is 0.240. The fraction of sp³-hybridized carbons (Fsp3) is 0.172. The van der Waals surface area contributed by atoms with Crippen molar-refractivity contribution in [3.63, 3.8) is 0 Å². The molecule has 12 heteroatoms. The highest BCUT2D eigenvalue weighted by Gasteiger charge is 2.23. The van der Waals surface area contributed by atoms with Gasteiger partial charge in [0, 0.05) is 19.9 Å². The number of furan rings is 1. The number of nitrogens with zero attached hydrogens (tertiary/aromatic N) is 3. The quantitative estimate of drug-likeness (QED) is 0.121. The summed E-state index contributed by atoms with van der Waals surface area (Å²) < 4.78 is 25.7. The van der Waals surface area contributed by atoms with E-state index in [1.54, 1.807) is 31.2 Å². The Balaban J connectivity index is 1.65. The first kappa shape index (κ1) is 29.0. The van der Waals surface area contributed by atoms with Gasteiger partial charge in [-0.3, -0.25) is 4.79 Å². The van der Waals surface area contributed by atoms with Gasteiger partial charge in [0.15, 0.2) is 23.4 Å². The van der Waals surface area contributed by atoms with Gasteiger partial charge in [-0.15, -0.1) is 0 Å². The summed E-state index contributed by atoms with van der Waals surface area (Å²) in [6, 6.07) is 16.2. The Morgan fingerprint density at radius 1 is 1.12 bits per heavy atom. The maximum atomic E-state index is 13.7. The van der Waals surface area contributed by atoms with Crippen molar-refractivity contribution in [2.45, 2.75) is 20.0 Å². The normalized spacial score (nSPS) is 12.2. The predicted molar refractivity (Wildman–Crippen MR) is 167 cm³/mol. The number of carbonyl (C=O) groups is 1. The van der Waals surface area contributed by atoms with E-state index in [0.717, 1.165) is 9.86 Å². The molecule has 5 rings (SSSR count). The minimum Gasteiger partial charge on any atom is -0.490 e. The Morgan fingerprint density at radius 3 is 2.66 bits per heavy atom. The van der Waals surface area contributed by atoms with Crippen LogP contribution in [0.3, 0.4) is 0 Å². The molecule has 0 aliphatic rings. The molecule has 0 saturated carbocycles. The Bertz CT molecular complexity index is 1880. The van der Waals surface area contributed by atoms with E-state index in [4.69, 9.17) is 23.6 Å². The van der Waals surface area contributed by atoms with Gasteiger partial charge in [-0.2, -0.15) is 9.78 Å². The van der Waals surface area contributed by atoms with Gasteiger partial charge in [0.2, 0.25) is 5.82 Å². The Kier molecular flexibility index (Phi) is 8.62. The van der Waals surface area contributed by atoms with Crippen LogP contribution >= 0.6 is 47.8 Å². The number of rotatable bonds is 8. The van der Waals surface area contributed by atoms with E-state index in [9.17, 15) is 9.59 Å². The molecule has 2 heterocycles. The molecular formula is C29H22Br3N3O6. The molecule has 41 heavy (non-hydrogen) atoms. The average molecular weight is 748 g/mol. The van der Waals surface area contributed by atoms with Gasteiger partial charge in [0.25, 0.3) is 5.56 Å². The van der Waals surface area contributed by atoms with Crippen LogP contribution in [0.2, 0.25) is 0 Å². The van der Waals surface area contributed by atoms with E-state index in [1.807, 2.05) is 37.3 Å². The lowest BCUT2D eigenvalue weighted by Crippen LogP contribution is -2.25. The topological polar surface area (TPSA) is 105 Å². The zero-order valence-corrected chi connectivity index (χ0v) is 26.7. The summed E-state index contributed by atoms with van der Waals surface area (Å²) in [6.45, 7) is 3.75. The van der Waals surface area contributed by atoms with Gasteiger partial charge in [-0.05, 0) is 88.2 Å². The number of ether oxygens (including phenoxy) is 3. The van der Waals surface area contributed by atoms with Crippen molar-refractivity contribution in [2.24, 2.45) is 5.10 Å². The summed E-state index contributed by atoms with van der Waals surface area (Å²) in [5.74, 6) is 0.771. The molecule has 9 nitrogen and oxygen atoms in total. The molecule has 0 fully saturated rings. The van der Waals surface area contributed by atoms with Gasteiger partial charge >= 0.3 is 5.97 Å². The fourth-order valence-corrected chi connectivity index (χ4v) is 5.39. The zero-order chi connectivity index (χ0) is 29.3. The molecule has 0 spiro atoms. The molecule has 5 aromatic rings. The summed E-state index contributed by atoms with van der Waals surface area (Å²) in [5, 5.41) is 5.80. The Morgan fingerprint density at radius 2 is 1.90 bits per heavy atom. The first-order valence-electron chi connectivity index (χ1n) is 12.4. The number of fused-ring (bicyclic) bond motifs is 2. The van der Waals surface area contributed by atoms with Gasteiger partial charge in [0.05, 0.1) is 35.3 Å². The highest BCUT2D eigenvalue weighted by Crippen LogP contribution is 2.43. The first-order chi connectivity index (χ1) is 19.7. The van der Waals surface area contributed by atoms with Crippen LogP contribution in [0.5, 0.6) is 11.5 Å². The summed E-state index contributed by atoms with van der Waals surface area (Å²) in [4.78, 5) is 30.4. The lowest BCUT2D eigenvalue weighted by atomic mass is 10.2. The van der Waals surface area contributed by atoms with Crippen LogP contribution in [0.1, 0.15) is 19.4 Å². The minimum atomic E-state index is -0.879. The van der Waals surface area contributed by atoms with Gasteiger partial charge in [-0.1, -0.05) is 28.1 Å². The molecule has 0 unspecified atom stereocenters. The standard InChI is InChI=1S/C29H22Br3N3O6/c1-4-39-22-13-17(24(31)25(32)26(22)40-15(2)29(37)38-3)14-33-35-27(34-20-8-6-5-7-19(20)28(35)36)23-12-16-11-18(30)9-10-21(16)41-23/h5-15H,4H2,1-3H3/t15-/m1/s1. The number of carbonyl (C=O) groups excluding carboxylic acids is 1. The molecule has 3 aromatic carbocycles. The first-order valence-corrected chi connectivity index (χ1v) is 14.7. The molecule has 0 radical (unpaired) electrons. The third-order valence-electron chi connectivity index (χ3n) is 6.05. The fourth-order valence-electron chi connectivity index (χ4n) is 4.10. The maximum Gasteiger partial charge on any atom is 0.346 e. The lowest BCUT2D eigenvalue weighted by molar-refractivity contribution is -0.148. The Hall–Kier alpha value is -3.48. The third-order valence-corrected chi connectivity index (χ3v) is 8.68. The highest BCUT2D eigenvalue weighted by molar-refractivity contribution is 9.13. The largest absolute Gasteiger partial charge is 0.490 e. The molecule has 0 bridgehead atoms. The van der Waals surface area contributed by atoms with Crippen LogP contribution in [-0.2, 0) is 9.53 Å². The van der Waals surface area contributed by atoms with E-state index >= 15 is 0 Å². The van der Waals surface area contributed by atoms with E-state index in [-0.39, 0.29) is 11.4 Å². The van der Waals surface area contributed by atoms with Crippen molar-refractivity contribution >= 4 is 81.8 Å². The number of halogens is 3. The van der Waals surface area contributed by atoms with Crippen LogP contribution < -0.4 is 15.0 Å². The predicted octanol–water partition coefficient (Wildman–Crippen LogP) is 7.32. The Labute approximate surface area is 259 Å². The van der Waals surface area contributed by atoms with E-state index < -0.39 is 12.1 Å². The number of methoxy groups -OCH3 is 1. The molecule has 0 aliphatic heterocycles. The van der Waals surface area contributed by atoms with Crippen molar-refractivity contribution in [1.29, 1.82) is 0 Å². The third kappa shape index (κ3) is 5.81. The van der Waals surface area contributed by atoms with E-state index in [1.165, 1.54) is 18.0 Å². The monoisotopic (exact) mass is 745 g/mol. The maximum absolute atomic E-state index is 13.7. The second-order valence-electron chi connectivity index (χ2n) is 8.74. The van der Waals surface area contributed by atoms with Crippen LogP contribution in [0.4, 0.5) is 0 Å².